The topological polar surface area (TPSA) is 79.6 Å². The Kier molecular flexibility index (Phi) is 4.49. The van der Waals surface area contributed by atoms with Crippen LogP contribution in [-0.2, 0) is 16.6 Å². The van der Waals surface area contributed by atoms with Crippen LogP contribution in [0.25, 0.3) is 0 Å². The van der Waals surface area contributed by atoms with Crippen LogP contribution in [-0.4, -0.2) is 31.7 Å². The zero-order valence-electron chi connectivity index (χ0n) is 12.6. The van der Waals surface area contributed by atoms with Gasteiger partial charge in [0, 0.05) is 19.6 Å². The summed E-state index contributed by atoms with van der Waals surface area (Å²) in [6.07, 6.45) is 3.26. The summed E-state index contributed by atoms with van der Waals surface area (Å²) in [4.78, 5) is 12.1. The molecule has 0 unspecified atom stereocenters. The molecule has 0 saturated carbocycles. The van der Waals surface area contributed by atoms with Crippen LogP contribution in [0.1, 0.15) is 29.0 Å². The second kappa shape index (κ2) is 6.55. The highest BCUT2D eigenvalue weighted by Gasteiger charge is 2.26. The van der Waals surface area contributed by atoms with E-state index in [0.29, 0.717) is 24.5 Å². The number of furan rings is 1. The Hall–Kier alpha value is -2.12. The number of carbonyl (C=O) groups excluding carboxylic acids is 1. The lowest BCUT2D eigenvalue weighted by Gasteiger charge is -2.15. The maximum atomic E-state index is 12.4. The van der Waals surface area contributed by atoms with Crippen LogP contribution in [0.2, 0.25) is 0 Å². The molecule has 1 aromatic carbocycles. The molecule has 2 heterocycles. The summed E-state index contributed by atoms with van der Waals surface area (Å²) in [6.45, 7) is 1.48. The van der Waals surface area contributed by atoms with Crippen molar-refractivity contribution in [2.75, 3.05) is 13.1 Å². The van der Waals surface area contributed by atoms with Crippen molar-refractivity contribution in [2.24, 2.45) is 0 Å². The summed E-state index contributed by atoms with van der Waals surface area (Å²) in [7, 11) is -3.39. The van der Waals surface area contributed by atoms with Crippen molar-refractivity contribution in [2.45, 2.75) is 24.3 Å². The van der Waals surface area contributed by atoms with Gasteiger partial charge < -0.3 is 9.73 Å². The summed E-state index contributed by atoms with van der Waals surface area (Å²) < 4.78 is 31.3. The molecule has 122 valence electrons. The second-order valence-corrected chi connectivity index (χ2v) is 7.35. The van der Waals surface area contributed by atoms with E-state index in [0.717, 1.165) is 18.4 Å². The number of nitrogens with zero attached hydrogens (tertiary/aromatic N) is 1. The molecule has 6 nitrogen and oxygen atoms in total. The molecule has 1 aliphatic rings. The molecule has 0 atom stereocenters. The van der Waals surface area contributed by atoms with Crippen molar-refractivity contribution >= 4 is 15.9 Å². The maximum absolute atomic E-state index is 12.4. The van der Waals surface area contributed by atoms with E-state index in [1.54, 1.807) is 36.4 Å². The normalized spacial score (nSPS) is 15.7. The zero-order valence-corrected chi connectivity index (χ0v) is 13.4. The number of hydrogen-bond acceptors (Lipinski definition) is 4. The van der Waals surface area contributed by atoms with E-state index in [4.69, 9.17) is 4.42 Å². The zero-order chi connectivity index (χ0) is 16.3. The average molecular weight is 334 g/mol. The monoisotopic (exact) mass is 334 g/mol. The van der Waals surface area contributed by atoms with Crippen molar-refractivity contribution in [1.29, 1.82) is 0 Å². The Morgan fingerprint density at radius 3 is 2.43 bits per heavy atom. The third-order valence-electron chi connectivity index (χ3n) is 3.82. The summed E-state index contributed by atoms with van der Waals surface area (Å²) in [5.41, 5.74) is 0.824. The average Bonchev–Trinajstić information content (AvgIpc) is 3.25. The molecule has 1 aliphatic heterocycles. The first-order chi connectivity index (χ1) is 11.1. The van der Waals surface area contributed by atoms with Gasteiger partial charge in [0.25, 0.3) is 5.91 Å². The Morgan fingerprint density at radius 1 is 1.13 bits per heavy atom. The molecule has 3 rings (SSSR count). The lowest BCUT2D eigenvalue weighted by Crippen LogP contribution is -2.27. The number of amides is 1. The SMILES string of the molecule is O=C(NCc1ccc(S(=O)(=O)N2CCCC2)cc1)c1ccco1. The van der Waals surface area contributed by atoms with Gasteiger partial charge >= 0.3 is 0 Å². The smallest absolute Gasteiger partial charge is 0.287 e. The van der Waals surface area contributed by atoms with Gasteiger partial charge in [-0.05, 0) is 42.7 Å². The number of carbonyl (C=O) groups is 1. The van der Waals surface area contributed by atoms with Crippen LogP contribution in [0.3, 0.4) is 0 Å². The third-order valence-corrected chi connectivity index (χ3v) is 5.74. The van der Waals surface area contributed by atoms with Crippen molar-refractivity contribution in [3.05, 3.63) is 54.0 Å². The Bertz CT molecular complexity index is 761. The number of rotatable bonds is 5. The summed E-state index contributed by atoms with van der Waals surface area (Å²) in [5.74, 6) is -0.0537. The van der Waals surface area contributed by atoms with E-state index in [2.05, 4.69) is 5.32 Å². The maximum Gasteiger partial charge on any atom is 0.287 e. The highest BCUT2D eigenvalue weighted by molar-refractivity contribution is 7.89. The molecule has 1 aromatic heterocycles. The van der Waals surface area contributed by atoms with Crippen LogP contribution in [0.15, 0.2) is 52.0 Å². The van der Waals surface area contributed by atoms with Gasteiger partial charge in [-0.2, -0.15) is 4.31 Å². The fourth-order valence-corrected chi connectivity index (χ4v) is 4.05. The quantitative estimate of drug-likeness (QED) is 0.907. The Balaban J connectivity index is 1.64. The molecule has 0 aliphatic carbocycles. The fraction of sp³-hybridized carbons (Fsp3) is 0.312. The minimum atomic E-state index is -3.39. The van der Waals surface area contributed by atoms with Crippen molar-refractivity contribution in [3.63, 3.8) is 0 Å². The van der Waals surface area contributed by atoms with Crippen LogP contribution in [0, 0.1) is 0 Å². The molecular weight excluding hydrogens is 316 g/mol. The predicted molar refractivity (Wildman–Crippen MR) is 84.3 cm³/mol. The van der Waals surface area contributed by atoms with Crippen molar-refractivity contribution in [1.82, 2.24) is 9.62 Å². The molecule has 1 amide bonds. The van der Waals surface area contributed by atoms with E-state index < -0.39 is 10.0 Å². The fourth-order valence-electron chi connectivity index (χ4n) is 2.53. The van der Waals surface area contributed by atoms with Gasteiger partial charge in [-0.3, -0.25) is 4.79 Å². The standard InChI is InChI=1S/C16H18N2O4S/c19-16(15-4-3-11-22-15)17-12-13-5-7-14(8-6-13)23(20,21)18-9-1-2-10-18/h3-8,11H,1-2,9-10,12H2,(H,17,19). The molecule has 0 radical (unpaired) electrons. The van der Waals surface area contributed by atoms with Crippen LogP contribution in [0.4, 0.5) is 0 Å². The lowest BCUT2D eigenvalue weighted by atomic mass is 10.2. The van der Waals surface area contributed by atoms with Gasteiger partial charge in [0.05, 0.1) is 11.2 Å². The van der Waals surface area contributed by atoms with E-state index >= 15 is 0 Å². The van der Waals surface area contributed by atoms with Crippen LogP contribution in [0.5, 0.6) is 0 Å². The first-order valence-corrected chi connectivity index (χ1v) is 8.92. The largest absolute Gasteiger partial charge is 0.459 e. The number of hydrogen-bond donors (Lipinski definition) is 1. The van der Waals surface area contributed by atoms with Gasteiger partial charge in [0.2, 0.25) is 10.0 Å². The van der Waals surface area contributed by atoms with Gasteiger partial charge in [0.15, 0.2) is 5.76 Å². The first kappa shape index (κ1) is 15.8. The summed E-state index contributed by atoms with van der Waals surface area (Å²) >= 11 is 0. The van der Waals surface area contributed by atoms with E-state index in [1.165, 1.54) is 10.6 Å². The molecule has 2 aromatic rings. The molecule has 1 saturated heterocycles. The van der Waals surface area contributed by atoms with Crippen LogP contribution < -0.4 is 5.32 Å². The van der Waals surface area contributed by atoms with Gasteiger partial charge in [-0.25, -0.2) is 8.42 Å². The minimum absolute atomic E-state index is 0.248. The molecule has 0 bridgehead atoms. The van der Waals surface area contributed by atoms with Gasteiger partial charge in [0.1, 0.15) is 0 Å². The third kappa shape index (κ3) is 3.46. The number of benzene rings is 1. The van der Waals surface area contributed by atoms with Crippen molar-refractivity contribution in [3.8, 4) is 0 Å². The number of sulfonamides is 1. The summed E-state index contributed by atoms with van der Waals surface area (Å²) in [6, 6.07) is 9.83. The van der Waals surface area contributed by atoms with Crippen LogP contribution >= 0.6 is 0 Å². The highest BCUT2D eigenvalue weighted by atomic mass is 32.2. The predicted octanol–water partition coefficient (Wildman–Crippen LogP) is 1.99. The highest BCUT2D eigenvalue weighted by Crippen LogP contribution is 2.21. The van der Waals surface area contributed by atoms with E-state index in [9.17, 15) is 13.2 Å². The molecule has 23 heavy (non-hydrogen) atoms. The van der Waals surface area contributed by atoms with E-state index in [-0.39, 0.29) is 11.7 Å². The lowest BCUT2D eigenvalue weighted by molar-refractivity contribution is 0.0923. The van der Waals surface area contributed by atoms with Gasteiger partial charge in [-0.15, -0.1) is 0 Å². The summed E-state index contributed by atoms with van der Waals surface area (Å²) in [5, 5.41) is 2.72. The van der Waals surface area contributed by atoms with Crippen molar-refractivity contribution < 1.29 is 17.6 Å². The molecule has 0 spiro atoms. The molecule has 7 heteroatoms. The minimum Gasteiger partial charge on any atom is -0.459 e. The Morgan fingerprint density at radius 2 is 1.83 bits per heavy atom. The Labute approximate surface area is 135 Å². The first-order valence-electron chi connectivity index (χ1n) is 7.48. The van der Waals surface area contributed by atoms with E-state index in [1.807, 2.05) is 0 Å². The number of nitrogens with one attached hydrogen (secondary N) is 1. The second-order valence-electron chi connectivity index (χ2n) is 5.42. The molecule has 1 N–H and O–H groups in total. The molecular formula is C16H18N2O4S. The molecule has 1 fully saturated rings. The van der Waals surface area contributed by atoms with Gasteiger partial charge in [-0.1, -0.05) is 12.1 Å².